The van der Waals surface area contributed by atoms with Gasteiger partial charge in [0.05, 0.1) is 12.6 Å². The molecule has 1 saturated heterocycles. The zero-order chi connectivity index (χ0) is 20.9. The van der Waals surface area contributed by atoms with Crippen molar-refractivity contribution in [1.29, 1.82) is 0 Å². The minimum atomic E-state index is 0.0731. The van der Waals surface area contributed by atoms with Crippen LogP contribution in [0, 0.1) is 0 Å². The van der Waals surface area contributed by atoms with Crippen LogP contribution in [0.25, 0.3) is 17.0 Å². The topological polar surface area (TPSA) is 37.7 Å². The smallest absolute Gasteiger partial charge is 0.255 e. The monoisotopic (exact) mass is 403 g/mol. The first-order chi connectivity index (χ1) is 14.6. The second kappa shape index (κ2) is 9.28. The summed E-state index contributed by atoms with van der Waals surface area (Å²) in [6.07, 6.45) is 4.42. The second-order valence-electron chi connectivity index (χ2n) is 7.85. The normalized spacial score (nSPS) is 15.8. The van der Waals surface area contributed by atoms with Gasteiger partial charge in [-0.15, -0.1) is 0 Å². The van der Waals surface area contributed by atoms with Crippen molar-refractivity contribution in [3.05, 3.63) is 82.2 Å². The first-order valence-corrected chi connectivity index (χ1v) is 10.5. The van der Waals surface area contributed by atoms with Crippen LogP contribution < -0.4 is 10.3 Å². The number of benzene rings is 2. The Morgan fingerprint density at radius 3 is 2.43 bits per heavy atom. The predicted octanol–water partition coefficient (Wildman–Crippen LogP) is 3.38. The molecule has 156 valence electrons. The van der Waals surface area contributed by atoms with Crippen molar-refractivity contribution < 1.29 is 4.74 Å². The molecule has 3 aromatic rings. The average molecular weight is 404 g/mol. The Bertz CT molecular complexity index is 1080. The SMILES string of the molecule is COc1ccc2cc(CN3CCN(CC=Cc4ccccc4)CC3)c(=O)n(C)c2c1. The van der Waals surface area contributed by atoms with Gasteiger partial charge < -0.3 is 9.30 Å². The van der Waals surface area contributed by atoms with Gasteiger partial charge in [0.1, 0.15) is 5.75 Å². The summed E-state index contributed by atoms with van der Waals surface area (Å²) < 4.78 is 7.03. The molecule has 0 atom stereocenters. The van der Waals surface area contributed by atoms with E-state index in [1.165, 1.54) is 5.56 Å². The number of hydrogen-bond acceptors (Lipinski definition) is 4. The highest BCUT2D eigenvalue weighted by Gasteiger charge is 2.18. The number of methoxy groups -OCH3 is 1. The van der Waals surface area contributed by atoms with Crippen LogP contribution in [-0.4, -0.2) is 54.2 Å². The molecule has 1 fully saturated rings. The quantitative estimate of drug-likeness (QED) is 0.632. The van der Waals surface area contributed by atoms with Gasteiger partial charge in [-0.2, -0.15) is 0 Å². The van der Waals surface area contributed by atoms with E-state index in [2.05, 4.69) is 46.2 Å². The fourth-order valence-electron chi connectivity index (χ4n) is 4.02. The molecule has 0 spiro atoms. The molecule has 1 aromatic heterocycles. The lowest BCUT2D eigenvalue weighted by Crippen LogP contribution is -2.46. The minimum Gasteiger partial charge on any atom is -0.497 e. The summed E-state index contributed by atoms with van der Waals surface area (Å²) in [5.74, 6) is 0.766. The predicted molar refractivity (Wildman–Crippen MR) is 123 cm³/mol. The van der Waals surface area contributed by atoms with E-state index in [1.807, 2.05) is 37.4 Å². The standard InChI is InChI=1S/C25H29N3O2/c1-26-24-18-23(30-2)11-10-21(24)17-22(25(26)29)19-28-15-13-27(14-16-28)12-6-9-20-7-4-3-5-8-20/h3-11,17-18H,12-16,19H2,1-2H3. The molecule has 0 saturated carbocycles. The molecule has 0 amide bonds. The molecule has 0 N–H and O–H groups in total. The van der Waals surface area contributed by atoms with Crippen molar-refractivity contribution in [3.8, 4) is 5.75 Å². The van der Waals surface area contributed by atoms with Crippen LogP contribution in [0.5, 0.6) is 5.75 Å². The summed E-state index contributed by atoms with van der Waals surface area (Å²) in [7, 11) is 3.48. The van der Waals surface area contributed by atoms with Crippen LogP contribution in [0.1, 0.15) is 11.1 Å². The van der Waals surface area contributed by atoms with E-state index in [0.29, 0.717) is 6.54 Å². The van der Waals surface area contributed by atoms with E-state index in [0.717, 1.165) is 54.9 Å². The van der Waals surface area contributed by atoms with Gasteiger partial charge in [-0.1, -0.05) is 42.5 Å². The van der Waals surface area contributed by atoms with Gasteiger partial charge in [0.25, 0.3) is 5.56 Å². The molecule has 1 aliphatic heterocycles. The number of aryl methyl sites for hydroxylation is 1. The third-order valence-electron chi connectivity index (χ3n) is 5.84. The second-order valence-corrected chi connectivity index (χ2v) is 7.85. The van der Waals surface area contributed by atoms with Gasteiger partial charge in [0.2, 0.25) is 0 Å². The zero-order valence-corrected chi connectivity index (χ0v) is 17.8. The Morgan fingerprint density at radius 1 is 0.967 bits per heavy atom. The van der Waals surface area contributed by atoms with Gasteiger partial charge >= 0.3 is 0 Å². The molecule has 0 aliphatic carbocycles. The fraction of sp³-hybridized carbons (Fsp3) is 0.320. The average Bonchev–Trinajstić information content (AvgIpc) is 2.79. The summed E-state index contributed by atoms with van der Waals surface area (Å²) in [4.78, 5) is 17.7. The van der Waals surface area contributed by atoms with E-state index in [4.69, 9.17) is 4.74 Å². The summed E-state index contributed by atoms with van der Waals surface area (Å²) >= 11 is 0. The number of ether oxygens (including phenoxy) is 1. The number of piperazine rings is 1. The van der Waals surface area contributed by atoms with E-state index in [-0.39, 0.29) is 5.56 Å². The molecule has 0 radical (unpaired) electrons. The van der Waals surface area contributed by atoms with Crippen LogP contribution >= 0.6 is 0 Å². The highest BCUT2D eigenvalue weighted by atomic mass is 16.5. The molecule has 4 rings (SSSR count). The minimum absolute atomic E-state index is 0.0731. The van der Waals surface area contributed by atoms with Crippen LogP contribution in [0.15, 0.2) is 65.5 Å². The van der Waals surface area contributed by atoms with Crippen molar-refractivity contribution in [2.24, 2.45) is 7.05 Å². The molecule has 5 nitrogen and oxygen atoms in total. The number of rotatable bonds is 6. The molecule has 1 aliphatic rings. The van der Waals surface area contributed by atoms with Crippen molar-refractivity contribution >= 4 is 17.0 Å². The Balaban J connectivity index is 1.37. The Hall–Kier alpha value is -2.89. The van der Waals surface area contributed by atoms with Crippen LogP contribution in [0.4, 0.5) is 0 Å². The van der Waals surface area contributed by atoms with Gasteiger partial charge in [0, 0.05) is 57.9 Å². The number of fused-ring (bicyclic) bond motifs is 1. The summed E-state index contributed by atoms with van der Waals surface area (Å²) in [6, 6.07) is 18.3. The Kier molecular flexibility index (Phi) is 6.31. The summed E-state index contributed by atoms with van der Waals surface area (Å²) in [5.41, 5.74) is 3.07. The van der Waals surface area contributed by atoms with Crippen molar-refractivity contribution in [1.82, 2.24) is 14.4 Å². The van der Waals surface area contributed by atoms with E-state index in [9.17, 15) is 4.79 Å². The maximum Gasteiger partial charge on any atom is 0.255 e. The van der Waals surface area contributed by atoms with Gasteiger partial charge in [0.15, 0.2) is 0 Å². The Labute approximate surface area is 177 Å². The third-order valence-corrected chi connectivity index (χ3v) is 5.84. The summed E-state index contributed by atoms with van der Waals surface area (Å²) in [5, 5.41) is 1.07. The first-order valence-electron chi connectivity index (χ1n) is 10.5. The zero-order valence-electron chi connectivity index (χ0n) is 17.8. The highest BCUT2D eigenvalue weighted by molar-refractivity contribution is 5.81. The maximum absolute atomic E-state index is 12.9. The molecular formula is C25H29N3O2. The number of aromatic nitrogens is 1. The number of hydrogen-bond donors (Lipinski definition) is 0. The van der Waals surface area contributed by atoms with E-state index in [1.54, 1.807) is 11.7 Å². The van der Waals surface area contributed by atoms with Gasteiger partial charge in [-0.05, 0) is 29.1 Å². The first kappa shape index (κ1) is 20.4. The van der Waals surface area contributed by atoms with Crippen molar-refractivity contribution in [3.63, 3.8) is 0 Å². The van der Waals surface area contributed by atoms with Crippen LogP contribution in [0.3, 0.4) is 0 Å². The van der Waals surface area contributed by atoms with Crippen LogP contribution in [-0.2, 0) is 13.6 Å². The Morgan fingerprint density at radius 2 is 1.70 bits per heavy atom. The number of pyridine rings is 1. The fourth-order valence-corrected chi connectivity index (χ4v) is 4.02. The molecular weight excluding hydrogens is 374 g/mol. The highest BCUT2D eigenvalue weighted by Crippen LogP contribution is 2.20. The van der Waals surface area contributed by atoms with Crippen molar-refractivity contribution in [2.75, 3.05) is 39.8 Å². The molecule has 30 heavy (non-hydrogen) atoms. The number of nitrogens with zero attached hydrogens (tertiary/aromatic N) is 3. The summed E-state index contributed by atoms with van der Waals surface area (Å²) in [6.45, 7) is 5.64. The van der Waals surface area contributed by atoms with Gasteiger partial charge in [-0.3, -0.25) is 14.6 Å². The van der Waals surface area contributed by atoms with E-state index >= 15 is 0 Å². The molecule has 2 heterocycles. The lowest BCUT2D eigenvalue weighted by Gasteiger charge is -2.34. The lowest BCUT2D eigenvalue weighted by atomic mass is 10.1. The van der Waals surface area contributed by atoms with Gasteiger partial charge in [-0.25, -0.2) is 0 Å². The maximum atomic E-state index is 12.9. The molecule has 0 bridgehead atoms. The lowest BCUT2D eigenvalue weighted by molar-refractivity contribution is 0.136. The third kappa shape index (κ3) is 4.64. The molecule has 5 heteroatoms. The van der Waals surface area contributed by atoms with Crippen LogP contribution in [0.2, 0.25) is 0 Å². The molecule has 2 aromatic carbocycles. The van der Waals surface area contributed by atoms with Crippen molar-refractivity contribution in [2.45, 2.75) is 6.54 Å². The van der Waals surface area contributed by atoms with E-state index < -0.39 is 0 Å². The largest absolute Gasteiger partial charge is 0.497 e. The molecule has 0 unspecified atom stereocenters.